The Balaban J connectivity index is 1.75. The third-order valence-corrected chi connectivity index (χ3v) is 4.22. The molecule has 1 aliphatic rings. The second-order valence-corrected chi connectivity index (χ2v) is 5.84. The van der Waals surface area contributed by atoms with Crippen LogP contribution >= 0.6 is 0 Å². The fourth-order valence-electron chi connectivity index (χ4n) is 3.00. The van der Waals surface area contributed by atoms with E-state index in [2.05, 4.69) is 29.6 Å². The highest BCUT2D eigenvalue weighted by Crippen LogP contribution is 2.22. The van der Waals surface area contributed by atoms with Gasteiger partial charge in [0.2, 0.25) is 0 Å². The fourth-order valence-corrected chi connectivity index (χ4v) is 3.00. The average Bonchev–Trinajstić information content (AvgIpc) is 2.73. The molecule has 0 amide bonds. The zero-order valence-corrected chi connectivity index (χ0v) is 11.9. The lowest BCUT2D eigenvalue weighted by Crippen LogP contribution is -2.37. The van der Waals surface area contributed by atoms with Crippen LogP contribution in [0.2, 0.25) is 0 Å². The van der Waals surface area contributed by atoms with Gasteiger partial charge in [-0.1, -0.05) is 56.0 Å². The van der Waals surface area contributed by atoms with Gasteiger partial charge in [-0.05, 0) is 37.3 Å². The third-order valence-electron chi connectivity index (χ3n) is 4.22. The summed E-state index contributed by atoms with van der Waals surface area (Å²) in [6.07, 6.45) is 9.22. The molecule has 1 fully saturated rings. The zero-order chi connectivity index (χ0) is 13.3. The summed E-state index contributed by atoms with van der Waals surface area (Å²) in [6.45, 7) is 1.29. The molecule has 2 heteroatoms. The van der Waals surface area contributed by atoms with Crippen LogP contribution in [-0.2, 0) is 6.42 Å². The van der Waals surface area contributed by atoms with E-state index in [1.165, 1.54) is 44.1 Å². The second-order valence-electron chi connectivity index (χ2n) is 5.84. The number of nitrogens with one attached hydrogen (secondary N) is 1. The predicted molar refractivity (Wildman–Crippen MR) is 80.2 cm³/mol. The number of hydrogen-bond donors (Lipinski definition) is 2. The van der Waals surface area contributed by atoms with E-state index < -0.39 is 0 Å². The maximum Gasteiger partial charge on any atom is 0.0587 e. The maximum absolute atomic E-state index is 9.51. The van der Waals surface area contributed by atoms with Gasteiger partial charge in [-0.25, -0.2) is 0 Å². The summed E-state index contributed by atoms with van der Waals surface area (Å²) in [6, 6.07) is 10.6. The van der Waals surface area contributed by atoms with E-state index >= 15 is 0 Å². The van der Waals surface area contributed by atoms with Gasteiger partial charge in [0.15, 0.2) is 0 Å². The molecule has 106 valence electrons. The van der Waals surface area contributed by atoms with E-state index in [1.54, 1.807) is 0 Å². The van der Waals surface area contributed by atoms with Crippen molar-refractivity contribution in [3.8, 4) is 0 Å². The molecule has 1 aliphatic carbocycles. The Kier molecular flexibility index (Phi) is 6.38. The summed E-state index contributed by atoms with van der Waals surface area (Å²) < 4.78 is 0. The number of benzene rings is 1. The van der Waals surface area contributed by atoms with Crippen LogP contribution < -0.4 is 5.32 Å². The normalized spacial score (nSPS) is 19.0. The topological polar surface area (TPSA) is 32.3 Å². The van der Waals surface area contributed by atoms with Gasteiger partial charge in [0.05, 0.1) is 6.61 Å². The molecule has 2 N–H and O–H groups in total. The summed E-state index contributed by atoms with van der Waals surface area (Å²) in [7, 11) is 0. The smallest absolute Gasteiger partial charge is 0.0587 e. The highest BCUT2D eigenvalue weighted by atomic mass is 16.3. The van der Waals surface area contributed by atoms with Gasteiger partial charge in [0, 0.05) is 6.04 Å². The first-order valence-electron chi connectivity index (χ1n) is 7.76. The van der Waals surface area contributed by atoms with Crippen LogP contribution in [-0.4, -0.2) is 24.3 Å². The largest absolute Gasteiger partial charge is 0.395 e. The Hall–Kier alpha value is -0.860. The molecule has 1 aromatic rings. The van der Waals surface area contributed by atoms with Crippen molar-refractivity contribution in [1.82, 2.24) is 5.32 Å². The van der Waals surface area contributed by atoms with Crippen molar-refractivity contribution in [2.75, 3.05) is 13.2 Å². The summed E-state index contributed by atoms with van der Waals surface area (Å²) >= 11 is 0. The van der Waals surface area contributed by atoms with Crippen LogP contribution in [0.3, 0.4) is 0 Å². The van der Waals surface area contributed by atoms with Gasteiger partial charge in [-0.2, -0.15) is 0 Å². The second kappa shape index (κ2) is 8.34. The minimum Gasteiger partial charge on any atom is -0.395 e. The van der Waals surface area contributed by atoms with E-state index in [9.17, 15) is 5.11 Å². The summed E-state index contributed by atoms with van der Waals surface area (Å²) in [5, 5.41) is 13.1. The van der Waals surface area contributed by atoms with E-state index in [0.29, 0.717) is 0 Å². The van der Waals surface area contributed by atoms with Crippen LogP contribution in [0.4, 0.5) is 0 Å². The van der Waals surface area contributed by atoms with E-state index in [0.717, 1.165) is 18.9 Å². The molecule has 0 aromatic heterocycles. The van der Waals surface area contributed by atoms with Crippen LogP contribution in [0.15, 0.2) is 30.3 Å². The van der Waals surface area contributed by atoms with Gasteiger partial charge < -0.3 is 10.4 Å². The van der Waals surface area contributed by atoms with Crippen LogP contribution in [0.1, 0.15) is 44.1 Å². The van der Waals surface area contributed by atoms with Crippen molar-refractivity contribution in [2.24, 2.45) is 5.92 Å². The Morgan fingerprint density at radius 2 is 1.74 bits per heavy atom. The lowest BCUT2D eigenvalue weighted by atomic mass is 9.99. The minimum absolute atomic E-state index is 0.200. The van der Waals surface area contributed by atoms with E-state index in [4.69, 9.17) is 0 Å². The molecule has 2 nitrogen and oxygen atoms in total. The summed E-state index contributed by atoms with van der Waals surface area (Å²) in [4.78, 5) is 0. The molecule has 0 spiro atoms. The monoisotopic (exact) mass is 261 g/mol. The molecule has 0 bridgehead atoms. The maximum atomic E-state index is 9.51. The molecular formula is C17H27NO. The van der Waals surface area contributed by atoms with Gasteiger partial charge in [-0.3, -0.25) is 0 Å². The molecule has 2 rings (SSSR count). The molecule has 1 aromatic carbocycles. The molecule has 0 radical (unpaired) electrons. The summed E-state index contributed by atoms with van der Waals surface area (Å²) in [5.41, 5.74) is 1.30. The summed E-state index contributed by atoms with van der Waals surface area (Å²) in [5.74, 6) is 0.812. The van der Waals surface area contributed by atoms with Gasteiger partial charge >= 0.3 is 0 Å². The first-order valence-corrected chi connectivity index (χ1v) is 7.76. The van der Waals surface area contributed by atoms with Gasteiger partial charge in [0.1, 0.15) is 0 Å². The third kappa shape index (κ3) is 5.33. The highest BCUT2D eigenvalue weighted by molar-refractivity contribution is 5.15. The Bertz CT molecular complexity index is 330. The van der Waals surface area contributed by atoms with Crippen molar-refractivity contribution < 1.29 is 5.11 Å². The SMILES string of the molecule is OC[C@@H](Cc1ccccc1)NCC1CCCCCC1. The lowest BCUT2D eigenvalue weighted by Gasteiger charge is -2.21. The lowest BCUT2D eigenvalue weighted by molar-refractivity contribution is 0.233. The molecule has 1 atom stereocenters. The highest BCUT2D eigenvalue weighted by Gasteiger charge is 2.14. The first kappa shape index (κ1) is 14.5. The molecule has 0 unspecified atom stereocenters. The Morgan fingerprint density at radius 3 is 2.37 bits per heavy atom. The average molecular weight is 261 g/mol. The first-order chi connectivity index (χ1) is 9.38. The fraction of sp³-hybridized carbons (Fsp3) is 0.647. The molecule has 1 saturated carbocycles. The number of aliphatic hydroxyl groups excluding tert-OH is 1. The molecule has 0 aliphatic heterocycles. The number of hydrogen-bond acceptors (Lipinski definition) is 2. The number of rotatable bonds is 6. The van der Waals surface area contributed by atoms with Crippen LogP contribution in [0.5, 0.6) is 0 Å². The molecule has 19 heavy (non-hydrogen) atoms. The number of aliphatic hydroxyl groups is 1. The molecule has 0 heterocycles. The van der Waals surface area contributed by atoms with Crippen molar-refractivity contribution in [3.63, 3.8) is 0 Å². The van der Waals surface area contributed by atoms with Crippen molar-refractivity contribution in [3.05, 3.63) is 35.9 Å². The molecule has 0 saturated heterocycles. The predicted octanol–water partition coefficient (Wildman–Crippen LogP) is 3.15. The van der Waals surface area contributed by atoms with Crippen molar-refractivity contribution >= 4 is 0 Å². The minimum atomic E-state index is 0.200. The Morgan fingerprint density at radius 1 is 1.05 bits per heavy atom. The van der Waals surface area contributed by atoms with Crippen molar-refractivity contribution in [2.45, 2.75) is 51.0 Å². The van der Waals surface area contributed by atoms with Crippen molar-refractivity contribution in [1.29, 1.82) is 0 Å². The van der Waals surface area contributed by atoms with Crippen LogP contribution in [0, 0.1) is 5.92 Å². The van der Waals surface area contributed by atoms with E-state index in [1.807, 2.05) is 6.07 Å². The molecular weight excluding hydrogens is 234 g/mol. The quantitative estimate of drug-likeness (QED) is 0.771. The van der Waals surface area contributed by atoms with Crippen LogP contribution in [0.25, 0.3) is 0 Å². The van der Waals surface area contributed by atoms with Gasteiger partial charge in [0.25, 0.3) is 0 Å². The zero-order valence-electron chi connectivity index (χ0n) is 11.9. The van der Waals surface area contributed by atoms with Gasteiger partial charge in [-0.15, -0.1) is 0 Å². The van der Waals surface area contributed by atoms with E-state index in [-0.39, 0.29) is 12.6 Å². The standard InChI is InChI=1S/C17H27NO/c19-14-17(12-15-8-6-3-7-9-15)18-13-16-10-4-1-2-5-11-16/h3,6-9,16-19H,1-2,4-5,10-14H2/t17-/m1/s1. The Labute approximate surface area is 117 Å².